The number of aromatic nitrogens is 1. The summed E-state index contributed by atoms with van der Waals surface area (Å²) in [4.78, 5) is 6.43. The average molecular weight is 789 g/mol. The molecule has 2 heterocycles. The van der Waals surface area contributed by atoms with Gasteiger partial charge in [-0.2, -0.15) is 0 Å². The smallest absolute Gasteiger partial charge is 0.124 e. The summed E-state index contributed by atoms with van der Waals surface area (Å²) in [7, 11) is 0. The van der Waals surface area contributed by atoms with Crippen LogP contribution in [0.2, 0.25) is 0 Å². The van der Waals surface area contributed by atoms with Crippen LogP contribution in [0, 0.1) is 0 Å². The molecule has 9 aromatic carbocycles. The quantitative estimate of drug-likeness (QED) is 0.182. The summed E-state index contributed by atoms with van der Waals surface area (Å²) in [6, 6.07) is 76.1. The molecule has 4 heteroatoms. The summed E-state index contributed by atoms with van der Waals surface area (Å²) in [5.41, 5.74) is 16.7. The lowest BCUT2D eigenvalue weighted by atomic mass is 9.67. The van der Waals surface area contributed by atoms with Crippen molar-refractivity contribution in [2.24, 2.45) is 0 Å². The second-order valence-corrected chi connectivity index (χ2v) is 17.7. The van der Waals surface area contributed by atoms with E-state index in [4.69, 9.17) is 4.98 Å². The van der Waals surface area contributed by atoms with Crippen molar-refractivity contribution in [3.8, 4) is 44.0 Å². The fraction of sp³-hybridized carbons (Fsp3) is 0.0364. The first-order chi connectivity index (χ1) is 29.2. The van der Waals surface area contributed by atoms with Crippen molar-refractivity contribution < 1.29 is 0 Å². The Morgan fingerprint density at radius 3 is 2.00 bits per heavy atom. The number of rotatable bonds is 6. The predicted molar refractivity (Wildman–Crippen MR) is 249 cm³/mol. The van der Waals surface area contributed by atoms with E-state index in [1.807, 2.05) is 11.8 Å². The number of thiazole rings is 1. The first-order valence-electron chi connectivity index (χ1n) is 20.1. The number of para-hydroxylation sites is 2. The molecule has 278 valence electrons. The van der Waals surface area contributed by atoms with E-state index in [1.54, 1.807) is 11.3 Å². The van der Waals surface area contributed by atoms with Crippen molar-refractivity contribution in [2.45, 2.75) is 15.7 Å². The van der Waals surface area contributed by atoms with E-state index in [-0.39, 0.29) is 5.37 Å². The number of anilines is 1. The monoisotopic (exact) mass is 788 g/mol. The van der Waals surface area contributed by atoms with Crippen LogP contribution >= 0.6 is 23.1 Å². The molecule has 1 aliphatic heterocycles. The molecule has 1 unspecified atom stereocenters. The number of thioether (sulfide) groups is 1. The zero-order chi connectivity index (χ0) is 38.9. The first-order valence-corrected chi connectivity index (χ1v) is 21.8. The van der Waals surface area contributed by atoms with Gasteiger partial charge in [0.1, 0.15) is 10.4 Å². The number of benzene rings is 9. The highest BCUT2D eigenvalue weighted by atomic mass is 32.2. The van der Waals surface area contributed by atoms with Crippen molar-refractivity contribution in [1.82, 2.24) is 4.98 Å². The molecule has 0 amide bonds. The first kappa shape index (κ1) is 34.3. The van der Waals surface area contributed by atoms with Crippen molar-refractivity contribution in [1.29, 1.82) is 0 Å². The molecule has 2 aliphatic rings. The maximum atomic E-state index is 5.16. The molecule has 12 rings (SSSR count). The van der Waals surface area contributed by atoms with Crippen molar-refractivity contribution in [3.63, 3.8) is 0 Å². The lowest BCUT2D eigenvalue weighted by Gasteiger charge is -2.34. The fourth-order valence-corrected chi connectivity index (χ4v) is 11.6. The summed E-state index contributed by atoms with van der Waals surface area (Å²) in [5, 5.41) is 7.38. The molecule has 0 fully saturated rings. The maximum Gasteiger partial charge on any atom is 0.124 e. The fourth-order valence-electron chi connectivity index (χ4n) is 9.56. The lowest BCUT2D eigenvalue weighted by Crippen LogP contribution is -2.28. The molecule has 2 nitrogen and oxygen atoms in total. The Labute approximate surface area is 351 Å². The zero-order valence-electron chi connectivity index (χ0n) is 32.0. The second kappa shape index (κ2) is 13.7. The molecule has 0 bridgehead atoms. The van der Waals surface area contributed by atoms with Crippen LogP contribution in [-0.2, 0) is 5.41 Å². The highest BCUT2D eigenvalue weighted by Crippen LogP contribution is 2.57. The van der Waals surface area contributed by atoms with Gasteiger partial charge in [0.2, 0.25) is 0 Å². The number of hydrogen-bond donors (Lipinski definition) is 1. The second-order valence-electron chi connectivity index (χ2n) is 15.5. The third-order valence-corrected chi connectivity index (χ3v) is 14.5. The molecular weight excluding hydrogens is 753 g/mol. The highest BCUT2D eigenvalue weighted by Gasteiger charge is 2.46. The molecule has 10 aromatic rings. The van der Waals surface area contributed by atoms with Gasteiger partial charge in [0.25, 0.3) is 0 Å². The molecule has 0 saturated heterocycles. The Bertz CT molecular complexity index is 3140. The van der Waals surface area contributed by atoms with Crippen LogP contribution < -0.4 is 5.32 Å². The molecule has 1 N–H and O–H groups in total. The summed E-state index contributed by atoms with van der Waals surface area (Å²) in [6.45, 7) is 0. The van der Waals surface area contributed by atoms with Gasteiger partial charge in [-0.3, -0.25) is 0 Å². The summed E-state index contributed by atoms with van der Waals surface area (Å²) in [5.74, 6) is 0. The molecule has 0 saturated carbocycles. The molecular formula is C55H36N2S2. The largest absolute Gasteiger partial charge is 0.368 e. The van der Waals surface area contributed by atoms with Gasteiger partial charge in [-0.25, -0.2) is 4.98 Å². The van der Waals surface area contributed by atoms with Crippen molar-refractivity contribution >= 4 is 49.8 Å². The van der Waals surface area contributed by atoms with Gasteiger partial charge in [0.05, 0.1) is 15.6 Å². The van der Waals surface area contributed by atoms with Crippen LogP contribution in [0.4, 0.5) is 5.69 Å². The van der Waals surface area contributed by atoms with Gasteiger partial charge in [0.15, 0.2) is 0 Å². The van der Waals surface area contributed by atoms with Crippen LogP contribution in [0.3, 0.4) is 0 Å². The van der Waals surface area contributed by atoms with Crippen molar-refractivity contribution in [2.75, 3.05) is 5.32 Å². The summed E-state index contributed by atoms with van der Waals surface area (Å²) < 4.78 is 1.20. The Morgan fingerprint density at radius 2 is 1.17 bits per heavy atom. The van der Waals surface area contributed by atoms with E-state index in [9.17, 15) is 0 Å². The Kier molecular flexibility index (Phi) is 7.97. The third-order valence-electron chi connectivity index (χ3n) is 12.2. The van der Waals surface area contributed by atoms with Crippen LogP contribution in [0.15, 0.2) is 211 Å². The maximum absolute atomic E-state index is 5.16. The molecule has 1 aromatic heterocycles. The zero-order valence-corrected chi connectivity index (χ0v) is 33.6. The van der Waals surface area contributed by atoms with E-state index in [2.05, 4.69) is 212 Å². The van der Waals surface area contributed by atoms with E-state index < -0.39 is 5.41 Å². The number of nitrogens with zero attached hydrogens (tertiary/aromatic N) is 1. The van der Waals surface area contributed by atoms with Gasteiger partial charge in [0, 0.05) is 16.1 Å². The molecule has 0 spiro atoms. The van der Waals surface area contributed by atoms with Crippen molar-refractivity contribution in [3.05, 3.63) is 234 Å². The number of hydrogen-bond acceptors (Lipinski definition) is 4. The Morgan fingerprint density at radius 1 is 0.475 bits per heavy atom. The van der Waals surface area contributed by atoms with Crippen LogP contribution in [-0.4, -0.2) is 4.98 Å². The van der Waals surface area contributed by atoms with Gasteiger partial charge < -0.3 is 5.32 Å². The normalized spacial score (nSPS) is 14.8. The molecule has 1 atom stereocenters. The standard InChI is InChI=1S/C55H36N2S2/c1-3-16-41(17-4-1)55(42-18-5-2-6-19-42)47-22-10-9-21-44(47)45-28-27-35(34-48(45)55)37-29-36-15-7-8-20-43(36)46(33-37)38-30-39(53-56-49-23-11-13-25-51(49)58-53)32-40(31-38)54-57-50-24-12-14-26-52(50)59-54/h1-34,53,56H. The third kappa shape index (κ3) is 5.51. The minimum absolute atomic E-state index is 0.0809. The molecule has 0 radical (unpaired) electrons. The Balaban J connectivity index is 1.07. The minimum atomic E-state index is -0.464. The van der Waals surface area contributed by atoms with Gasteiger partial charge in [-0.15, -0.1) is 11.3 Å². The highest BCUT2D eigenvalue weighted by molar-refractivity contribution is 8.00. The van der Waals surface area contributed by atoms with Gasteiger partial charge in [-0.1, -0.05) is 157 Å². The predicted octanol–water partition coefficient (Wildman–Crippen LogP) is 15.0. The average Bonchev–Trinajstić information content (AvgIpc) is 4.02. The number of fused-ring (bicyclic) bond motifs is 6. The summed E-state index contributed by atoms with van der Waals surface area (Å²) >= 11 is 3.64. The van der Waals surface area contributed by atoms with Gasteiger partial charge in [-0.05, 0) is 133 Å². The number of nitrogens with one attached hydrogen (secondary N) is 1. The minimum Gasteiger partial charge on any atom is -0.368 e. The topological polar surface area (TPSA) is 24.9 Å². The Hall–Kier alpha value is -6.72. The summed E-state index contributed by atoms with van der Waals surface area (Å²) in [6.07, 6.45) is 0. The molecule has 59 heavy (non-hydrogen) atoms. The van der Waals surface area contributed by atoms with Crippen LogP contribution in [0.25, 0.3) is 64.9 Å². The van der Waals surface area contributed by atoms with Crippen LogP contribution in [0.1, 0.15) is 33.2 Å². The van der Waals surface area contributed by atoms with Gasteiger partial charge >= 0.3 is 0 Å². The van der Waals surface area contributed by atoms with Crippen LogP contribution in [0.5, 0.6) is 0 Å². The molecule has 1 aliphatic carbocycles. The van der Waals surface area contributed by atoms with E-state index >= 15 is 0 Å². The SMILES string of the molecule is c1ccc(C2(c3ccccc3)c3ccccc3-c3ccc(-c4cc(-c5cc(-c6nc7ccccc7s6)cc(C6Nc7ccccc7S6)c5)c5ccccc5c4)cc32)cc1. The van der Waals surface area contributed by atoms with E-state index in [0.29, 0.717) is 0 Å². The van der Waals surface area contributed by atoms with E-state index in [1.165, 1.54) is 87.3 Å². The van der Waals surface area contributed by atoms with E-state index in [0.717, 1.165) is 16.1 Å². The lowest BCUT2D eigenvalue weighted by molar-refractivity contribution is 0.769.